The molecule has 1 rings (SSSR count). The summed E-state index contributed by atoms with van der Waals surface area (Å²) in [5.41, 5.74) is 0.619. The number of ether oxygens (including phenoxy) is 1. The lowest BCUT2D eigenvalue weighted by Crippen LogP contribution is -2.16. The fourth-order valence-corrected chi connectivity index (χ4v) is 0.836. The molecule has 69 valence electrons. The van der Waals surface area contributed by atoms with Crippen LogP contribution in [0.2, 0.25) is 0 Å². The summed E-state index contributed by atoms with van der Waals surface area (Å²) in [5.74, 6) is 0. The van der Waals surface area contributed by atoms with Gasteiger partial charge < -0.3 is 4.74 Å². The Morgan fingerprint density at radius 3 is 2.46 bits per heavy atom. The topological polar surface area (TPSA) is 40.4 Å². The second-order valence-electron chi connectivity index (χ2n) is 2.88. The highest BCUT2D eigenvalue weighted by Crippen LogP contribution is 2.06. The summed E-state index contributed by atoms with van der Waals surface area (Å²) in [5, 5.41) is 3.74. The summed E-state index contributed by atoms with van der Waals surface area (Å²) in [6.45, 7) is 3.58. The smallest absolute Gasteiger partial charge is 0.434 e. The molecule has 3 nitrogen and oxygen atoms in total. The zero-order chi connectivity index (χ0) is 9.68. The average molecular weight is 178 g/mol. The molecular weight excluding hydrogens is 166 g/mol. The van der Waals surface area contributed by atoms with Crippen LogP contribution in [-0.4, -0.2) is 12.2 Å². The first-order chi connectivity index (χ1) is 6.18. The van der Waals surface area contributed by atoms with E-state index < -0.39 is 6.09 Å². The highest BCUT2D eigenvalue weighted by molar-refractivity contribution is 5.73. The van der Waals surface area contributed by atoms with Gasteiger partial charge in [0.15, 0.2) is 0 Å². The molecule has 0 atom stereocenters. The average Bonchev–Trinajstić information content (AvgIpc) is 2.04. The van der Waals surface area contributed by atoms with E-state index in [1.807, 2.05) is 18.2 Å². The molecule has 0 saturated carbocycles. The van der Waals surface area contributed by atoms with Gasteiger partial charge in [-0.05, 0) is 26.0 Å². The third-order valence-corrected chi connectivity index (χ3v) is 1.31. The maximum Gasteiger partial charge on any atom is 0.434 e. The Balaban J connectivity index is 2.46. The molecule has 0 aliphatic heterocycles. The Kier molecular flexibility index (Phi) is 3.31. The minimum Gasteiger partial charge on any atom is -0.445 e. The van der Waals surface area contributed by atoms with Crippen LogP contribution in [0.4, 0.5) is 10.5 Å². The maximum absolute atomic E-state index is 11.0. The Hall–Kier alpha value is -1.51. The number of carbonyl (C=O) groups excluding carboxylic acids is 1. The monoisotopic (exact) mass is 178 g/mol. The normalized spacial score (nSPS) is 9.77. The lowest BCUT2D eigenvalue weighted by Gasteiger charge is -2.06. The molecule has 3 heteroatoms. The first-order valence-corrected chi connectivity index (χ1v) is 4.16. The molecule has 1 amide bonds. The van der Waals surface area contributed by atoms with Crippen LogP contribution in [0.1, 0.15) is 13.8 Å². The first kappa shape index (κ1) is 9.58. The highest BCUT2D eigenvalue weighted by atomic mass is 16.6. The van der Waals surface area contributed by atoms with Gasteiger partial charge in [-0.2, -0.15) is 5.32 Å². The van der Waals surface area contributed by atoms with Crippen molar-refractivity contribution < 1.29 is 9.53 Å². The molecule has 0 heterocycles. The van der Waals surface area contributed by atoms with E-state index in [1.165, 1.54) is 0 Å². The van der Waals surface area contributed by atoms with E-state index in [0.717, 1.165) is 0 Å². The van der Waals surface area contributed by atoms with Crippen molar-refractivity contribution in [1.82, 2.24) is 5.32 Å². The van der Waals surface area contributed by atoms with Crippen LogP contribution < -0.4 is 5.32 Å². The van der Waals surface area contributed by atoms with Crippen molar-refractivity contribution in [3.05, 3.63) is 30.3 Å². The Morgan fingerprint density at radius 2 is 1.92 bits per heavy atom. The van der Waals surface area contributed by atoms with Crippen LogP contribution in [0.25, 0.3) is 0 Å². The zero-order valence-corrected chi connectivity index (χ0v) is 7.73. The fraction of sp³-hybridized carbons (Fsp3) is 0.300. The van der Waals surface area contributed by atoms with Gasteiger partial charge in [0.2, 0.25) is 0 Å². The van der Waals surface area contributed by atoms with Gasteiger partial charge in [-0.3, -0.25) is 0 Å². The third-order valence-electron chi connectivity index (χ3n) is 1.31. The van der Waals surface area contributed by atoms with Crippen molar-refractivity contribution in [2.24, 2.45) is 0 Å². The van der Waals surface area contributed by atoms with Crippen molar-refractivity contribution in [1.29, 1.82) is 0 Å². The molecule has 13 heavy (non-hydrogen) atoms. The third kappa shape index (κ3) is 3.60. The van der Waals surface area contributed by atoms with Crippen molar-refractivity contribution in [3.8, 4) is 0 Å². The van der Waals surface area contributed by atoms with E-state index in [1.54, 1.807) is 26.0 Å². The molecule has 0 unspecified atom stereocenters. The molecule has 0 aliphatic rings. The number of para-hydroxylation sites is 1. The summed E-state index contributed by atoms with van der Waals surface area (Å²) in [6.07, 6.45) is -0.666. The molecule has 0 aliphatic carbocycles. The van der Waals surface area contributed by atoms with E-state index in [2.05, 4.69) is 5.32 Å². The van der Waals surface area contributed by atoms with Crippen molar-refractivity contribution in [2.45, 2.75) is 20.0 Å². The number of hydrogen-bond acceptors (Lipinski definition) is 2. The van der Waals surface area contributed by atoms with Crippen LogP contribution in [-0.2, 0) is 4.74 Å². The molecule has 1 aromatic carbocycles. The lowest BCUT2D eigenvalue weighted by atomic mass is 10.3. The van der Waals surface area contributed by atoms with Gasteiger partial charge >= 0.3 is 6.09 Å². The van der Waals surface area contributed by atoms with Gasteiger partial charge in [-0.25, -0.2) is 4.79 Å². The minimum absolute atomic E-state index is 0.125. The Bertz CT molecular complexity index is 270. The van der Waals surface area contributed by atoms with Gasteiger partial charge in [0.25, 0.3) is 0 Å². The summed E-state index contributed by atoms with van der Waals surface area (Å²) >= 11 is 0. The van der Waals surface area contributed by atoms with Crippen LogP contribution in [0.5, 0.6) is 0 Å². The second-order valence-corrected chi connectivity index (χ2v) is 2.88. The molecule has 1 radical (unpaired) electrons. The highest BCUT2D eigenvalue weighted by Gasteiger charge is 2.06. The SMILES string of the molecule is CC(C)OC(=O)[N]c1ccccc1. The zero-order valence-electron chi connectivity index (χ0n) is 7.73. The summed E-state index contributed by atoms with van der Waals surface area (Å²) < 4.78 is 4.85. The largest absolute Gasteiger partial charge is 0.445 e. The number of rotatable bonds is 2. The van der Waals surface area contributed by atoms with E-state index >= 15 is 0 Å². The molecule has 0 N–H and O–H groups in total. The van der Waals surface area contributed by atoms with Gasteiger partial charge in [0, 0.05) is 0 Å². The van der Waals surface area contributed by atoms with Gasteiger partial charge in [0.05, 0.1) is 11.8 Å². The first-order valence-electron chi connectivity index (χ1n) is 4.16. The predicted molar refractivity (Wildman–Crippen MR) is 49.9 cm³/mol. The molecule has 0 saturated heterocycles. The quantitative estimate of drug-likeness (QED) is 0.697. The predicted octanol–water partition coefficient (Wildman–Crippen LogP) is 2.47. The van der Waals surface area contributed by atoms with Crippen molar-refractivity contribution in [2.75, 3.05) is 0 Å². The van der Waals surface area contributed by atoms with Crippen LogP contribution >= 0.6 is 0 Å². The number of nitrogens with zero attached hydrogens (tertiary/aromatic N) is 1. The minimum atomic E-state index is -0.541. The van der Waals surface area contributed by atoms with Crippen molar-refractivity contribution >= 4 is 11.8 Å². The van der Waals surface area contributed by atoms with Gasteiger partial charge in [-0.15, -0.1) is 0 Å². The number of benzene rings is 1. The molecular formula is C10H12NO2. The molecule has 0 fully saturated rings. The molecule has 1 aromatic rings. The number of amides is 1. The standard InChI is InChI=1S/C10H12NO2/c1-8(2)13-10(12)11-9-6-4-3-5-7-9/h3-8H,1-2H3. The summed E-state index contributed by atoms with van der Waals surface area (Å²) in [7, 11) is 0. The molecule has 0 bridgehead atoms. The van der Waals surface area contributed by atoms with E-state index in [4.69, 9.17) is 4.74 Å². The van der Waals surface area contributed by atoms with Crippen molar-refractivity contribution in [3.63, 3.8) is 0 Å². The Morgan fingerprint density at radius 1 is 1.31 bits per heavy atom. The lowest BCUT2D eigenvalue weighted by molar-refractivity contribution is 0.119. The maximum atomic E-state index is 11.0. The van der Waals surface area contributed by atoms with Gasteiger partial charge in [-0.1, -0.05) is 18.2 Å². The van der Waals surface area contributed by atoms with E-state index in [9.17, 15) is 4.79 Å². The Labute approximate surface area is 77.7 Å². The second kappa shape index (κ2) is 4.50. The van der Waals surface area contributed by atoms with E-state index in [-0.39, 0.29) is 6.10 Å². The van der Waals surface area contributed by atoms with Crippen LogP contribution in [0.3, 0.4) is 0 Å². The molecule has 0 aromatic heterocycles. The molecule has 0 spiro atoms. The fourth-order valence-electron chi connectivity index (χ4n) is 0.836. The summed E-state index contributed by atoms with van der Waals surface area (Å²) in [4.78, 5) is 11.0. The van der Waals surface area contributed by atoms with Crippen LogP contribution in [0.15, 0.2) is 30.3 Å². The summed E-state index contributed by atoms with van der Waals surface area (Å²) in [6, 6.07) is 9.01. The van der Waals surface area contributed by atoms with Gasteiger partial charge in [0.1, 0.15) is 0 Å². The number of hydrogen-bond donors (Lipinski definition) is 0. The van der Waals surface area contributed by atoms with E-state index in [0.29, 0.717) is 5.69 Å². The van der Waals surface area contributed by atoms with Crippen LogP contribution in [0, 0.1) is 0 Å². The number of carbonyl (C=O) groups is 1.